The molecule has 1 aromatic rings. The number of hydrogen-bond donors (Lipinski definition) is 1. The molecule has 72 valence electrons. The van der Waals surface area contributed by atoms with Gasteiger partial charge >= 0.3 is 0 Å². The number of aromatic nitrogens is 1. The molecule has 0 aliphatic carbocycles. The van der Waals surface area contributed by atoms with Gasteiger partial charge in [0.05, 0.1) is 0 Å². The third-order valence-electron chi connectivity index (χ3n) is 2.15. The van der Waals surface area contributed by atoms with Gasteiger partial charge in [0.15, 0.2) is 12.4 Å². The predicted octanol–water partition coefficient (Wildman–Crippen LogP) is 2.05. The fraction of sp³-hybridized carbons (Fsp3) is 0.545. The third-order valence-corrected chi connectivity index (χ3v) is 2.15. The Morgan fingerprint density at radius 2 is 1.85 bits per heavy atom. The maximum atomic E-state index is 9.71. The highest BCUT2D eigenvalue weighted by Gasteiger charge is 2.11. The van der Waals surface area contributed by atoms with Gasteiger partial charge in [0.1, 0.15) is 0 Å². The lowest BCUT2D eigenvalue weighted by molar-refractivity contribution is -0.760. The fourth-order valence-electron chi connectivity index (χ4n) is 1.34. The van der Waals surface area contributed by atoms with E-state index in [2.05, 4.69) is 6.92 Å². The molecule has 0 saturated carbocycles. The lowest BCUT2D eigenvalue weighted by atomic mass is 10.2. The van der Waals surface area contributed by atoms with Gasteiger partial charge in [-0.1, -0.05) is 25.8 Å². The molecule has 2 heteroatoms. The van der Waals surface area contributed by atoms with Gasteiger partial charge < -0.3 is 5.11 Å². The van der Waals surface area contributed by atoms with E-state index in [4.69, 9.17) is 0 Å². The number of pyridine rings is 1. The fourth-order valence-corrected chi connectivity index (χ4v) is 1.34. The van der Waals surface area contributed by atoms with E-state index in [0.29, 0.717) is 0 Å². The summed E-state index contributed by atoms with van der Waals surface area (Å²) in [5, 5.41) is 9.71. The van der Waals surface area contributed by atoms with Crippen molar-refractivity contribution in [3.8, 4) is 0 Å². The second-order valence-electron chi connectivity index (χ2n) is 3.30. The summed E-state index contributed by atoms with van der Waals surface area (Å²) in [6.07, 6.45) is 7.79. The predicted molar refractivity (Wildman–Crippen MR) is 52.0 cm³/mol. The zero-order valence-corrected chi connectivity index (χ0v) is 8.19. The molecule has 0 aliphatic rings. The Labute approximate surface area is 79.8 Å². The van der Waals surface area contributed by atoms with Crippen LogP contribution in [-0.2, 0) is 0 Å². The second-order valence-corrected chi connectivity index (χ2v) is 3.30. The van der Waals surface area contributed by atoms with Gasteiger partial charge in [-0.3, -0.25) is 0 Å². The van der Waals surface area contributed by atoms with Crippen LogP contribution in [0.15, 0.2) is 30.6 Å². The highest BCUT2D eigenvalue weighted by Crippen LogP contribution is 2.06. The lowest BCUT2D eigenvalue weighted by Crippen LogP contribution is -2.38. The Bertz CT molecular complexity index is 223. The van der Waals surface area contributed by atoms with Crippen LogP contribution in [-0.4, -0.2) is 5.11 Å². The maximum absolute atomic E-state index is 9.71. The molecule has 0 radical (unpaired) electrons. The van der Waals surface area contributed by atoms with Crippen LogP contribution in [0.25, 0.3) is 0 Å². The molecule has 0 amide bonds. The quantitative estimate of drug-likeness (QED) is 0.544. The van der Waals surface area contributed by atoms with Gasteiger partial charge in [0.25, 0.3) is 6.23 Å². The second kappa shape index (κ2) is 5.70. The summed E-state index contributed by atoms with van der Waals surface area (Å²) in [7, 11) is 0. The first kappa shape index (κ1) is 10.2. The van der Waals surface area contributed by atoms with Crippen molar-refractivity contribution < 1.29 is 9.67 Å². The first-order valence-electron chi connectivity index (χ1n) is 4.98. The summed E-state index contributed by atoms with van der Waals surface area (Å²) in [5.74, 6) is 0. The van der Waals surface area contributed by atoms with Crippen LogP contribution >= 0.6 is 0 Å². The molecule has 1 aromatic heterocycles. The molecule has 1 unspecified atom stereocenters. The van der Waals surface area contributed by atoms with E-state index in [1.807, 2.05) is 35.2 Å². The van der Waals surface area contributed by atoms with Crippen molar-refractivity contribution in [1.29, 1.82) is 0 Å². The zero-order chi connectivity index (χ0) is 9.52. The van der Waals surface area contributed by atoms with Gasteiger partial charge in [0, 0.05) is 18.6 Å². The monoisotopic (exact) mass is 180 g/mol. The van der Waals surface area contributed by atoms with Crippen LogP contribution < -0.4 is 4.57 Å². The number of hydrogen-bond acceptors (Lipinski definition) is 1. The average molecular weight is 180 g/mol. The largest absolute Gasteiger partial charge is 0.337 e. The summed E-state index contributed by atoms with van der Waals surface area (Å²) < 4.78 is 1.84. The minimum Gasteiger partial charge on any atom is -0.337 e. The van der Waals surface area contributed by atoms with E-state index in [1.165, 1.54) is 12.8 Å². The summed E-state index contributed by atoms with van der Waals surface area (Å²) in [6.45, 7) is 2.17. The van der Waals surface area contributed by atoms with Gasteiger partial charge in [0.2, 0.25) is 0 Å². The Balaban J connectivity index is 2.35. The van der Waals surface area contributed by atoms with Crippen molar-refractivity contribution >= 4 is 0 Å². The Kier molecular flexibility index (Phi) is 4.47. The molecular weight excluding hydrogens is 162 g/mol. The van der Waals surface area contributed by atoms with E-state index >= 15 is 0 Å². The molecule has 0 fully saturated rings. The molecule has 1 rings (SSSR count). The standard InChI is InChI=1S/C11H18NO/c1-2-3-5-8-11(13)12-9-6-4-7-10-12/h4,6-7,9-11,13H,2-3,5,8H2,1H3/q+1. The molecule has 0 aromatic carbocycles. The molecule has 13 heavy (non-hydrogen) atoms. The Morgan fingerprint density at radius 1 is 1.15 bits per heavy atom. The minimum atomic E-state index is -0.354. The highest BCUT2D eigenvalue weighted by molar-refractivity contribution is 4.83. The molecule has 1 N–H and O–H groups in total. The van der Waals surface area contributed by atoms with Crippen LogP contribution in [0.5, 0.6) is 0 Å². The third kappa shape index (κ3) is 3.55. The zero-order valence-electron chi connectivity index (χ0n) is 8.19. The van der Waals surface area contributed by atoms with Crippen LogP contribution in [0.3, 0.4) is 0 Å². The summed E-state index contributed by atoms with van der Waals surface area (Å²) >= 11 is 0. The van der Waals surface area contributed by atoms with Crippen LogP contribution in [0, 0.1) is 0 Å². The molecule has 0 aliphatic heterocycles. The van der Waals surface area contributed by atoms with E-state index in [-0.39, 0.29) is 6.23 Å². The van der Waals surface area contributed by atoms with Gasteiger partial charge in [-0.05, 0) is 6.42 Å². The number of nitrogens with zero attached hydrogens (tertiary/aromatic N) is 1. The van der Waals surface area contributed by atoms with Crippen molar-refractivity contribution in [2.45, 2.75) is 38.8 Å². The van der Waals surface area contributed by atoms with Crippen molar-refractivity contribution in [2.24, 2.45) is 0 Å². The van der Waals surface area contributed by atoms with Crippen molar-refractivity contribution in [3.05, 3.63) is 30.6 Å². The smallest absolute Gasteiger partial charge is 0.259 e. The first-order valence-corrected chi connectivity index (χ1v) is 4.98. The normalized spacial score (nSPS) is 12.8. The van der Waals surface area contributed by atoms with E-state index < -0.39 is 0 Å². The molecule has 1 atom stereocenters. The van der Waals surface area contributed by atoms with E-state index in [9.17, 15) is 5.11 Å². The average Bonchev–Trinajstić information content (AvgIpc) is 2.19. The first-order chi connectivity index (χ1) is 6.34. The van der Waals surface area contributed by atoms with Crippen molar-refractivity contribution in [1.82, 2.24) is 0 Å². The molecule has 0 bridgehead atoms. The molecular formula is C11H18NO+. The van der Waals surface area contributed by atoms with E-state index in [1.54, 1.807) is 0 Å². The highest BCUT2D eigenvalue weighted by atomic mass is 16.3. The lowest BCUT2D eigenvalue weighted by Gasteiger charge is -2.04. The van der Waals surface area contributed by atoms with E-state index in [0.717, 1.165) is 12.8 Å². The molecule has 0 saturated heterocycles. The molecule has 0 spiro atoms. The summed E-state index contributed by atoms with van der Waals surface area (Å²) in [6, 6.07) is 5.82. The molecule has 1 heterocycles. The Morgan fingerprint density at radius 3 is 2.46 bits per heavy atom. The number of aliphatic hydroxyl groups is 1. The minimum absolute atomic E-state index is 0.354. The topological polar surface area (TPSA) is 24.1 Å². The molecule has 2 nitrogen and oxygen atoms in total. The van der Waals surface area contributed by atoms with Gasteiger partial charge in [-0.25, -0.2) is 0 Å². The van der Waals surface area contributed by atoms with Gasteiger partial charge in [-0.2, -0.15) is 4.57 Å². The van der Waals surface area contributed by atoms with Gasteiger partial charge in [-0.15, -0.1) is 0 Å². The Hall–Kier alpha value is -0.890. The van der Waals surface area contributed by atoms with Crippen LogP contribution in [0.4, 0.5) is 0 Å². The summed E-state index contributed by atoms with van der Waals surface area (Å²) in [5.41, 5.74) is 0. The number of rotatable bonds is 5. The van der Waals surface area contributed by atoms with Crippen molar-refractivity contribution in [2.75, 3.05) is 0 Å². The maximum Gasteiger partial charge on any atom is 0.259 e. The number of aliphatic hydroxyl groups excluding tert-OH is 1. The van der Waals surface area contributed by atoms with Crippen LogP contribution in [0.2, 0.25) is 0 Å². The number of unbranched alkanes of at least 4 members (excludes halogenated alkanes) is 2. The van der Waals surface area contributed by atoms with Crippen molar-refractivity contribution in [3.63, 3.8) is 0 Å². The summed E-state index contributed by atoms with van der Waals surface area (Å²) in [4.78, 5) is 0. The van der Waals surface area contributed by atoms with Crippen LogP contribution in [0.1, 0.15) is 38.8 Å². The SMILES string of the molecule is CCCCCC(O)[n+]1ccccc1.